The number of hydrogen-bond donors (Lipinski definition) is 3. The van der Waals surface area contributed by atoms with Crippen LogP contribution in [-0.4, -0.2) is 47.4 Å². The van der Waals surface area contributed by atoms with E-state index in [4.69, 9.17) is 4.74 Å². The van der Waals surface area contributed by atoms with E-state index in [2.05, 4.69) is 31.3 Å². The van der Waals surface area contributed by atoms with Crippen molar-refractivity contribution in [1.29, 1.82) is 0 Å². The van der Waals surface area contributed by atoms with Gasteiger partial charge in [0.15, 0.2) is 0 Å². The Balaban J connectivity index is 3.45. The minimum atomic E-state index is -0.850. The Kier molecular flexibility index (Phi) is 60.5. The van der Waals surface area contributed by atoms with E-state index in [0.717, 1.165) is 44.9 Å². The smallest absolute Gasteiger partial charge is 0.305 e. The molecule has 426 valence electrons. The molecule has 2 unspecified atom stereocenters. The van der Waals surface area contributed by atoms with Gasteiger partial charge in [0.1, 0.15) is 0 Å². The molecule has 0 aliphatic carbocycles. The van der Waals surface area contributed by atoms with Crippen LogP contribution in [0.5, 0.6) is 0 Å². The number of nitrogens with one attached hydrogen (secondary N) is 1. The Bertz CT molecular complexity index is 1120. The lowest BCUT2D eigenvalue weighted by Crippen LogP contribution is -2.45. The third-order valence-corrected chi connectivity index (χ3v) is 15.2. The zero-order valence-electron chi connectivity index (χ0n) is 48.7. The number of carbonyl (C=O) groups excluding carboxylic acids is 2. The first kappa shape index (κ1) is 70.3. The van der Waals surface area contributed by atoms with Gasteiger partial charge in [-0.1, -0.05) is 314 Å². The number of ether oxygens (including phenoxy) is 1. The van der Waals surface area contributed by atoms with Crippen LogP contribution in [0.1, 0.15) is 361 Å². The molecular formula is C66H127NO5. The third kappa shape index (κ3) is 57.6. The molecule has 0 radical (unpaired) electrons. The molecule has 0 aromatic heterocycles. The van der Waals surface area contributed by atoms with E-state index in [1.165, 1.54) is 289 Å². The van der Waals surface area contributed by atoms with Crippen LogP contribution in [-0.2, 0) is 14.3 Å². The van der Waals surface area contributed by atoms with Crippen molar-refractivity contribution in [2.24, 2.45) is 0 Å². The van der Waals surface area contributed by atoms with Crippen LogP contribution < -0.4 is 5.32 Å². The Morgan fingerprint density at radius 1 is 0.375 bits per heavy atom. The molecule has 0 heterocycles. The first-order chi connectivity index (χ1) is 35.5. The van der Waals surface area contributed by atoms with E-state index >= 15 is 0 Å². The van der Waals surface area contributed by atoms with Crippen LogP contribution in [0.15, 0.2) is 24.3 Å². The molecule has 2 atom stereocenters. The van der Waals surface area contributed by atoms with E-state index in [9.17, 15) is 19.8 Å². The van der Waals surface area contributed by atoms with Crippen molar-refractivity contribution in [2.75, 3.05) is 13.2 Å². The molecule has 1 amide bonds. The summed E-state index contributed by atoms with van der Waals surface area (Å²) >= 11 is 0. The summed E-state index contributed by atoms with van der Waals surface area (Å²) in [5.74, 6) is -0.0643. The molecule has 0 rings (SSSR count). The van der Waals surface area contributed by atoms with Gasteiger partial charge in [-0.15, -0.1) is 0 Å². The van der Waals surface area contributed by atoms with E-state index in [1.54, 1.807) is 6.08 Å². The fourth-order valence-electron chi connectivity index (χ4n) is 10.2. The molecule has 0 saturated heterocycles. The molecule has 72 heavy (non-hydrogen) atoms. The average Bonchev–Trinajstić information content (AvgIpc) is 3.38. The fourth-order valence-corrected chi connectivity index (χ4v) is 10.2. The fraction of sp³-hybridized carbons (Fsp3) is 0.909. The van der Waals surface area contributed by atoms with E-state index in [1.807, 2.05) is 6.08 Å². The minimum absolute atomic E-state index is 0.00905. The number of amides is 1. The lowest BCUT2D eigenvalue weighted by Gasteiger charge is -2.20. The largest absolute Gasteiger partial charge is 0.466 e. The van der Waals surface area contributed by atoms with Crippen molar-refractivity contribution in [3.8, 4) is 0 Å². The lowest BCUT2D eigenvalue weighted by molar-refractivity contribution is -0.143. The molecule has 0 aromatic carbocycles. The zero-order chi connectivity index (χ0) is 52.2. The first-order valence-corrected chi connectivity index (χ1v) is 32.6. The van der Waals surface area contributed by atoms with Crippen LogP contribution in [0.25, 0.3) is 0 Å². The topological polar surface area (TPSA) is 95.9 Å². The number of aliphatic hydroxyl groups is 2. The van der Waals surface area contributed by atoms with Crippen LogP contribution in [0.4, 0.5) is 0 Å². The summed E-state index contributed by atoms with van der Waals surface area (Å²) in [6.07, 6.45) is 76.5. The maximum Gasteiger partial charge on any atom is 0.305 e. The monoisotopic (exact) mass is 1010 g/mol. The average molecular weight is 1010 g/mol. The normalized spacial score (nSPS) is 12.7. The summed E-state index contributed by atoms with van der Waals surface area (Å²) in [7, 11) is 0. The SMILES string of the molecule is CCCCCCCCCCCCCCCCCCCC/C=C/C(O)C(CO)NC(=O)CCCCCCCCC/C=C\CCCCCCCCCCCOC(=O)CCCCCCCCCCCCCCCCC. The molecule has 6 nitrogen and oxygen atoms in total. The van der Waals surface area contributed by atoms with Crippen molar-refractivity contribution in [2.45, 2.75) is 373 Å². The summed E-state index contributed by atoms with van der Waals surface area (Å²) in [5, 5.41) is 23.2. The quantitative estimate of drug-likeness (QED) is 0.0320. The number of rotatable bonds is 61. The molecule has 0 aliphatic rings. The Labute approximate surface area is 450 Å². The van der Waals surface area contributed by atoms with Crippen molar-refractivity contribution in [1.82, 2.24) is 5.32 Å². The van der Waals surface area contributed by atoms with Gasteiger partial charge in [0.05, 0.1) is 25.4 Å². The predicted molar refractivity (Wildman–Crippen MR) is 315 cm³/mol. The van der Waals surface area contributed by atoms with Crippen molar-refractivity contribution >= 4 is 11.9 Å². The maximum atomic E-state index is 12.5. The third-order valence-electron chi connectivity index (χ3n) is 15.2. The Hall–Kier alpha value is -1.66. The van der Waals surface area contributed by atoms with Gasteiger partial charge >= 0.3 is 5.97 Å². The summed E-state index contributed by atoms with van der Waals surface area (Å²) in [4.78, 5) is 24.6. The number of aliphatic hydroxyl groups excluding tert-OH is 2. The second-order valence-corrected chi connectivity index (χ2v) is 22.5. The molecular weight excluding hydrogens is 887 g/mol. The molecule has 3 N–H and O–H groups in total. The van der Waals surface area contributed by atoms with E-state index in [-0.39, 0.29) is 18.5 Å². The standard InChI is InChI=1S/C66H127NO5/c1-3-5-7-9-11-13-15-17-19-20-21-24-27-31-34-38-42-46-50-54-58-64(69)63(62-68)67-65(70)59-55-51-47-43-39-35-32-28-25-22-23-26-29-33-37-41-45-49-53-57-61-72-66(71)60-56-52-48-44-40-36-30-18-16-14-12-10-8-6-4-2/h22,25,54,58,63-64,68-69H,3-21,23-24,26-53,55-57,59-62H2,1-2H3,(H,67,70)/b25-22-,58-54+. The number of allylic oxidation sites excluding steroid dienone is 3. The maximum absolute atomic E-state index is 12.5. The molecule has 0 aliphatic heterocycles. The molecule has 0 saturated carbocycles. The Morgan fingerprint density at radius 2 is 0.653 bits per heavy atom. The number of esters is 1. The molecule has 0 fully saturated rings. The van der Waals surface area contributed by atoms with Crippen LogP contribution >= 0.6 is 0 Å². The highest BCUT2D eigenvalue weighted by Crippen LogP contribution is 2.18. The van der Waals surface area contributed by atoms with Crippen LogP contribution in [0.3, 0.4) is 0 Å². The van der Waals surface area contributed by atoms with E-state index < -0.39 is 12.1 Å². The highest BCUT2D eigenvalue weighted by molar-refractivity contribution is 5.76. The first-order valence-electron chi connectivity index (χ1n) is 32.6. The molecule has 0 spiro atoms. The van der Waals surface area contributed by atoms with Crippen molar-refractivity contribution in [3.05, 3.63) is 24.3 Å². The second-order valence-electron chi connectivity index (χ2n) is 22.5. The molecule has 0 aromatic rings. The van der Waals surface area contributed by atoms with Gasteiger partial charge < -0.3 is 20.3 Å². The van der Waals surface area contributed by atoms with Gasteiger partial charge in [-0.05, 0) is 57.8 Å². The number of carbonyl (C=O) groups is 2. The highest BCUT2D eigenvalue weighted by Gasteiger charge is 2.18. The lowest BCUT2D eigenvalue weighted by atomic mass is 10.0. The minimum Gasteiger partial charge on any atom is -0.466 e. The molecule has 6 heteroatoms. The van der Waals surface area contributed by atoms with Crippen LogP contribution in [0, 0.1) is 0 Å². The number of hydrogen-bond acceptors (Lipinski definition) is 5. The summed E-state index contributed by atoms with van der Waals surface area (Å²) < 4.78 is 5.49. The van der Waals surface area contributed by atoms with Crippen LogP contribution in [0.2, 0.25) is 0 Å². The second kappa shape index (κ2) is 61.9. The summed E-state index contributed by atoms with van der Waals surface area (Å²) in [5.41, 5.74) is 0. The zero-order valence-corrected chi connectivity index (χ0v) is 48.7. The van der Waals surface area contributed by atoms with Crippen molar-refractivity contribution in [3.63, 3.8) is 0 Å². The van der Waals surface area contributed by atoms with Gasteiger partial charge in [0.2, 0.25) is 5.91 Å². The van der Waals surface area contributed by atoms with Gasteiger partial charge in [0.25, 0.3) is 0 Å². The van der Waals surface area contributed by atoms with Gasteiger partial charge in [-0.25, -0.2) is 0 Å². The summed E-state index contributed by atoms with van der Waals surface area (Å²) in [6.45, 7) is 4.93. The summed E-state index contributed by atoms with van der Waals surface area (Å²) in [6, 6.07) is -0.635. The van der Waals surface area contributed by atoms with Crippen molar-refractivity contribution < 1.29 is 24.5 Å². The predicted octanol–water partition coefficient (Wildman–Crippen LogP) is 20.6. The highest BCUT2D eigenvalue weighted by atomic mass is 16.5. The Morgan fingerprint density at radius 3 is 0.986 bits per heavy atom. The number of unbranched alkanes of at least 4 members (excludes halogenated alkanes) is 48. The van der Waals surface area contributed by atoms with Gasteiger partial charge in [-0.2, -0.15) is 0 Å². The van der Waals surface area contributed by atoms with Gasteiger partial charge in [-0.3, -0.25) is 9.59 Å². The van der Waals surface area contributed by atoms with Gasteiger partial charge in [0, 0.05) is 12.8 Å². The van der Waals surface area contributed by atoms with E-state index in [0.29, 0.717) is 19.4 Å². The molecule has 0 bridgehead atoms.